The summed E-state index contributed by atoms with van der Waals surface area (Å²) in [6, 6.07) is 0. The minimum atomic E-state index is -0.0223. The Morgan fingerprint density at radius 3 is 2.36 bits per heavy atom. The Bertz CT molecular complexity index is 620. The molecule has 160 valence electrons. The van der Waals surface area contributed by atoms with Gasteiger partial charge in [-0.15, -0.1) is 0 Å². The Hall–Kier alpha value is -0.370. The van der Waals surface area contributed by atoms with Gasteiger partial charge in [0.1, 0.15) is 5.78 Å². The summed E-state index contributed by atoms with van der Waals surface area (Å²) in [7, 11) is 0. The van der Waals surface area contributed by atoms with Crippen LogP contribution in [-0.4, -0.2) is 17.0 Å². The van der Waals surface area contributed by atoms with Crippen molar-refractivity contribution in [2.75, 3.05) is 0 Å². The summed E-state index contributed by atoms with van der Waals surface area (Å²) in [6.07, 6.45) is 10.6. The number of hydrogen-bond acceptors (Lipinski definition) is 2. The number of aliphatic hydroxyl groups is 1. The van der Waals surface area contributed by atoms with Crippen molar-refractivity contribution in [2.24, 2.45) is 51.8 Å². The summed E-state index contributed by atoms with van der Waals surface area (Å²) < 4.78 is 0. The van der Waals surface area contributed by atoms with Crippen LogP contribution in [0.3, 0.4) is 0 Å². The number of carbonyl (C=O) groups is 1. The van der Waals surface area contributed by atoms with Gasteiger partial charge in [-0.3, -0.25) is 4.79 Å². The first-order chi connectivity index (χ1) is 13.3. The molecule has 1 N–H and O–H groups in total. The quantitative estimate of drug-likeness (QED) is 0.532. The lowest BCUT2D eigenvalue weighted by atomic mass is 9.30. The molecule has 0 aromatic heterocycles. The number of fused-ring (bicyclic) bond motifs is 3. The number of ketones is 1. The fourth-order valence-electron chi connectivity index (χ4n) is 9.24. The van der Waals surface area contributed by atoms with Gasteiger partial charge in [-0.25, -0.2) is 0 Å². The second-order valence-electron chi connectivity index (χ2n) is 11.6. The Kier molecular flexibility index (Phi) is 5.09. The molecule has 0 aromatic rings. The second-order valence-corrected chi connectivity index (χ2v) is 11.6. The molecule has 7 saturated carbocycles. The van der Waals surface area contributed by atoms with E-state index in [-0.39, 0.29) is 11.5 Å². The van der Waals surface area contributed by atoms with Crippen LogP contribution in [0.25, 0.3) is 0 Å². The first-order valence-corrected chi connectivity index (χ1v) is 12.5. The molecule has 8 unspecified atom stereocenters. The molecule has 2 heteroatoms. The molecule has 0 aliphatic heterocycles. The highest BCUT2D eigenvalue weighted by molar-refractivity contribution is 5.80. The van der Waals surface area contributed by atoms with Crippen molar-refractivity contribution < 1.29 is 9.90 Å². The minimum Gasteiger partial charge on any atom is -0.392 e. The van der Waals surface area contributed by atoms with E-state index in [0.29, 0.717) is 22.5 Å². The van der Waals surface area contributed by atoms with Crippen LogP contribution in [0.15, 0.2) is 0 Å². The first-order valence-electron chi connectivity index (χ1n) is 12.5. The van der Waals surface area contributed by atoms with Gasteiger partial charge in [-0.1, -0.05) is 48.0 Å². The average Bonchev–Trinajstić information content (AvgIpc) is 3.38. The lowest BCUT2D eigenvalue weighted by Gasteiger charge is -2.74. The maximum atomic E-state index is 12.2. The van der Waals surface area contributed by atoms with E-state index in [2.05, 4.69) is 27.7 Å². The lowest BCUT2D eigenvalue weighted by molar-refractivity contribution is -0.255. The zero-order chi connectivity index (χ0) is 20.5. The number of rotatable bonds is 0. The van der Waals surface area contributed by atoms with E-state index in [4.69, 9.17) is 0 Å². The van der Waals surface area contributed by atoms with Gasteiger partial charge < -0.3 is 5.11 Å². The van der Waals surface area contributed by atoms with E-state index in [0.717, 1.165) is 48.9 Å². The predicted octanol–water partition coefficient (Wildman–Crippen LogP) is 6.26. The zero-order valence-electron chi connectivity index (χ0n) is 19.3. The molecule has 2 nitrogen and oxygen atoms in total. The normalized spacial score (nSPS) is 57.0. The van der Waals surface area contributed by atoms with E-state index in [1.807, 2.05) is 13.8 Å². The summed E-state index contributed by atoms with van der Waals surface area (Å²) in [5.74, 6) is 5.38. The molecule has 28 heavy (non-hydrogen) atoms. The van der Waals surface area contributed by atoms with Gasteiger partial charge in [-0.05, 0) is 90.3 Å². The van der Waals surface area contributed by atoms with Crippen LogP contribution in [0.5, 0.6) is 0 Å². The van der Waals surface area contributed by atoms with Gasteiger partial charge >= 0.3 is 0 Å². The van der Waals surface area contributed by atoms with Gasteiger partial charge in [0.2, 0.25) is 0 Å². The van der Waals surface area contributed by atoms with Crippen LogP contribution >= 0.6 is 0 Å². The highest BCUT2D eigenvalue weighted by atomic mass is 16.3. The molecular formula is C26H44O2. The highest BCUT2D eigenvalue weighted by Crippen LogP contribution is 2.81. The van der Waals surface area contributed by atoms with Gasteiger partial charge in [0.05, 0.1) is 6.10 Å². The molecule has 0 heterocycles. The van der Waals surface area contributed by atoms with Crippen LogP contribution in [0.1, 0.15) is 99.3 Å². The third kappa shape index (κ3) is 2.45. The molecular weight excluding hydrogens is 344 g/mol. The molecule has 0 radical (unpaired) electrons. The topological polar surface area (TPSA) is 37.3 Å². The highest BCUT2D eigenvalue weighted by Gasteiger charge is 2.76. The number of Topliss-reactive ketones (excluding diaryl/α,β-unsaturated/α-hetero) is 1. The van der Waals surface area contributed by atoms with E-state index >= 15 is 0 Å². The van der Waals surface area contributed by atoms with E-state index in [9.17, 15) is 9.90 Å². The standard InChI is InChI=1S/C21H30O2.C3H8.C2H6/c1-19-5-4-15-16(17(19)13-7-14(13)18(19)23)11-8-21(9-11)10-12(22)3-6-20(15,21)2;1-3-2;1-2/h11,13-18,23H,3-10H2,1-2H3;3H2,1-2H3;1-2H3. The fraction of sp³-hybridized carbons (Fsp3) is 0.962. The summed E-state index contributed by atoms with van der Waals surface area (Å²) in [4.78, 5) is 12.2. The van der Waals surface area contributed by atoms with Crippen molar-refractivity contribution in [1.29, 1.82) is 0 Å². The summed E-state index contributed by atoms with van der Waals surface area (Å²) >= 11 is 0. The maximum Gasteiger partial charge on any atom is 0.133 e. The molecule has 0 amide bonds. The number of carbonyl (C=O) groups excluding carboxylic acids is 1. The van der Waals surface area contributed by atoms with Crippen LogP contribution in [0.4, 0.5) is 0 Å². The van der Waals surface area contributed by atoms with Crippen LogP contribution in [-0.2, 0) is 4.79 Å². The Morgan fingerprint density at radius 2 is 1.71 bits per heavy atom. The van der Waals surface area contributed by atoms with Gasteiger partial charge in [0.25, 0.3) is 0 Å². The molecule has 2 bridgehead atoms. The van der Waals surface area contributed by atoms with Gasteiger partial charge in [0.15, 0.2) is 0 Å². The third-order valence-corrected chi connectivity index (χ3v) is 10.4. The van der Waals surface area contributed by atoms with E-state index in [1.165, 1.54) is 38.5 Å². The van der Waals surface area contributed by atoms with Crippen molar-refractivity contribution in [2.45, 2.75) is 105 Å². The van der Waals surface area contributed by atoms with Crippen molar-refractivity contribution >= 4 is 5.78 Å². The Balaban J connectivity index is 0.000000355. The first kappa shape index (κ1) is 20.9. The molecule has 7 aliphatic rings. The second kappa shape index (κ2) is 6.82. The minimum absolute atomic E-state index is 0.0223. The average molecular weight is 389 g/mol. The van der Waals surface area contributed by atoms with Gasteiger partial charge in [0, 0.05) is 12.8 Å². The molecule has 0 aromatic carbocycles. The summed E-state index contributed by atoms with van der Waals surface area (Å²) in [5.41, 5.74) is 1.01. The van der Waals surface area contributed by atoms with Crippen molar-refractivity contribution in [1.82, 2.24) is 0 Å². The number of hydrogen-bond donors (Lipinski definition) is 1. The number of aliphatic hydroxyl groups excluding tert-OH is 1. The molecule has 7 rings (SSSR count). The molecule has 7 aliphatic carbocycles. The smallest absolute Gasteiger partial charge is 0.133 e. The molecule has 0 saturated heterocycles. The lowest BCUT2D eigenvalue weighted by Crippen LogP contribution is -2.68. The fourth-order valence-corrected chi connectivity index (χ4v) is 9.24. The van der Waals surface area contributed by atoms with E-state index < -0.39 is 0 Å². The largest absolute Gasteiger partial charge is 0.392 e. The van der Waals surface area contributed by atoms with Crippen LogP contribution in [0.2, 0.25) is 0 Å². The summed E-state index contributed by atoms with van der Waals surface area (Å²) in [5, 5.41) is 10.9. The van der Waals surface area contributed by atoms with Crippen molar-refractivity contribution in [3.8, 4) is 0 Å². The third-order valence-electron chi connectivity index (χ3n) is 10.4. The van der Waals surface area contributed by atoms with Crippen LogP contribution in [0, 0.1) is 51.8 Å². The Labute approximate surface area is 173 Å². The molecule has 7 fully saturated rings. The van der Waals surface area contributed by atoms with Crippen LogP contribution < -0.4 is 0 Å². The van der Waals surface area contributed by atoms with E-state index in [1.54, 1.807) is 0 Å². The monoisotopic (exact) mass is 388 g/mol. The molecule has 1 spiro atoms. The summed E-state index contributed by atoms with van der Waals surface area (Å²) in [6.45, 7) is 13.2. The molecule has 8 atom stereocenters. The van der Waals surface area contributed by atoms with Crippen molar-refractivity contribution in [3.63, 3.8) is 0 Å². The zero-order valence-corrected chi connectivity index (χ0v) is 19.3. The Morgan fingerprint density at radius 1 is 1.07 bits per heavy atom. The van der Waals surface area contributed by atoms with Gasteiger partial charge in [-0.2, -0.15) is 0 Å². The SMILES string of the molecule is CC.CC12CCC3C(C4CC5(CC(=O)CCC35C)C4)C1C1CC1C2O.CCC. The van der Waals surface area contributed by atoms with Crippen molar-refractivity contribution in [3.05, 3.63) is 0 Å². The maximum absolute atomic E-state index is 12.2. The predicted molar refractivity (Wildman–Crippen MR) is 115 cm³/mol.